The zero-order chi connectivity index (χ0) is 17.4. The minimum atomic E-state index is -0.0330. The number of hydrogen-bond donors (Lipinski definition) is 0. The minimum absolute atomic E-state index is 0.0330. The topological polar surface area (TPSA) is 34.1 Å². The number of carbonyl (C=O) groups is 2. The lowest BCUT2D eigenvalue weighted by molar-refractivity contribution is -0.118. The summed E-state index contributed by atoms with van der Waals surface area (Å²) < 4.78 is 0. The Morgan fingerprint density at radius 1 is 0.958 bits per heavy atom. The zero-order valence-corrected chi connectivity index (χ0v) is 15.4. The molecule has 0 atom stereocenters. The van der Waals surface area contributed by atoms with Crippen LogP contribution in [0.25, 0.3) is 0 Å². The molecule has 0 bridgehead atoms. The Bertz CT molecular complexity index is 521. The molecule has 1 aliphatic carbocycles. The highest BCUT2D eigenvalue weighted by molar-refractivity contribution is 6.07. The van der Waals surface area contributed by atoms with Gasteiger partial charge in [0.1, 0.15) is 5.78 Å². The van der Waals surface area contributed by atoms with Gasteiger partial charge in [-0.05, 0) is 49.5 Å². The SMILES string of the molecule is CCCCC(=O)CC(=O)c1ccc(C2CCC(CCC)CC2)cc1. The van der Waals surface area contributed by atoms with Gasteiger partial charge in [-0.15, -0.1) is 0 Å². The van der Waals surface area contributed by atoms with Crippen molar-refractivity contribution in [2.24, 2.45) is 5.92 Å². The molecule has 0 saturated heterocycles. The molecule has 2 rings (SSSR count). The molecule has 0 N–H and O–H groups in total. The van der Waals surface area contributed by atoms with Crippen LogP contribution in [0.15, 0.2) is 24.3 Å². The van der Waals surface area contributed by atoms with Crippen molar-refractivity contribution in [2.75, 3.05) is 0 Å². The molecule has 1 aliphatic rings. The van der Waals surface area contributed by atoms with Crippen LogP contribution in [0, 0.1) is 5.92 Å². The largest absolute Gasteiger partial charge is 0.299 e. The van der Waals surface area contributed by atoms with E-state index in [0.717, 1.165) is 18.8 Å². The molecule has 24 heavy (non-hydrogen) atoms. The molecule has 1 fully saturated rings. The molecule has 0 aliphatic heterocycles. The van der Waals surface area contributed by atoms with E-state index < -0.39 is 0 Å². The van der Waals surface area contributed by atoms with Gasteiger partial charge in [0.15, 0.2) is 5.78 Å². The van der Waals surface area contributed by atoms with Crippen LogP contribution in [-0.2, 0) is 4.79 Å². The summed E-state index contributed by atoms with van der Waals surface area (Å²) in [5.41, 5.74) is 2.04. The van der Waals surface area contributed by atoms with Gasteiger partial charge in [-0.2, -0.15) is 0 Å². The lowest BCUT2D eigenvalue weighted by Gasteiger charge is -2.28. The van der Waals surface area contributed by atoms with Gasteiger partial charge in [0.05, 0.1) is 6.42 Å². The van der Waals surface area contributed by atoms with Crippen LogP contribution in [0.1, 0.15) is 99.9 Å². The van der Waals surface area contributed by atoms with Crippen LogP contribution in [0.4, 0.5) is 0 Å². The number of unbranched alkanes of at least 4 members (excludes halogenated alkanes) is 1. The standard InChI is InChI=1S/C22H32O2/c1-3-5-7-21(23)16-22(24)20-14-12-19(13-15-20)18-10-8-17(6-4-2)9-11-18/h12-15,17-18H,3-11,16H2,1-2H3. The van der Waals surface area contributed by atoms with Crippen LogP contribution >= 0.6 is 0 Å². The summed E-state index contributed by atoms with van der Waals surface area (Å²) >= 11 is 0. The maximum absolute atomic E-state index is 12.2. The summed E-state index contributed by atoms with van der Waals surface area (Å²) in [6.45, 7) is 4.33. The molecule has 1 saturated carbocycles. The molecule has 2 nitrogen and oxygen atoms in total. The third-order valence-electron chi connectivity index (χ3n) is 5.41. The summed E-state index contributed by atoms with van der Waals surface area (Å²) in [6.07, 6.45) is 10.3. The van der Waals surface area contributed by atoms with Crippen LogP contribution in [0.2, 0.25) is 0 Å². The Morgan fingerprint density at radius 3 is 2.21 bits per heavy atom. The van der Waals surface area contributed by atoms with Crippen molar-refractivity contribution in [2.45, 2.75) is 84.0 Å². The van der Waals surface area contributed by atoms with Gasteiger partial charge < -0.3 is 0 Å². The number of Topliss-reactive ketones (excluding diaryl/α,β-unsaturated/α-hetero) is 2. The molecular weight excluding hydrogens is 296 g/mol. The molecule has 1 aromatic rings. The summed E-state index contributed by atoms with van der Waals surface area (Å²) in [7, 11) is 0. The Morgan fingerprint density at radius 2 is 1.62 bits per heavy atom. The highest BCUT2D eigenvalue weighted by Gasteiger charge is 2.22. The highest BCUT2D eigenvalue weighted by atomic mass is 16.1. The first-order chi connectivity index (χ1) is 11.6. The maximum Gasteiger partial charge on any atom is 0.170 e. The fraction of sp³-hybridized carbons (Fsp3) is 0.636. The van der Waals surface area contributed by atoms with E-state index in [4.69, 9.17) is 0 Å². The van der Waals surface area contributed by atoms with E-state index in [1.54, 1.807) is 0 Å². The smallest absolute Gasteiger partial charge is 0.170 e. The molecular formula is C22H32O2. The minimum Gasteiger partial charge on any atom is -0.299 e. The van der Waals surface area contributed by atoms with E-state index >= 15 is 0 Å². The van der Waals surface area contributed by atoms with Crippen LogP contribution < -0.4 is 0 Å². The summed E-state index contributed by atoms with van der Waals surface area (Å²) in [6, 6.07) is 8.05. The zero-order valence-electron chi connectivity index (χ0n) is 15.4. The number of ketones is 2. The van der Waals surface area contributed by atoms with Gasteiger partial charge in [-0.1, -0.05) is 57.4 Å². The van der Waals surface area contributed by atoms with E-state index in [1.807, 2.05) is 12.1 Å². The number of rotatable bonds is 9. The van der Waals surface area contributed by atoms with Crippen LogP contribution in [0.5, 0.6) is 0 Å². The van der Waals surface area contributed by atoms with Gasteiger partial charge in [0, 0.05) is 12.0 Å². The Hall–Kier alpha value is -1.44. The van der Waals surface area contributed by atoms with E-state index in [2.05, 4.69) is 26.0 Å². The van der Waals surface area contributed by atoms with Crippen molar-refractivity contribution in [3.8, 4) is 0 Å². The highest BCUT2D eigenvalue weighted by Crippen LogP contribution is 2.37. The maximum atomic E-state index is 12.2. The Balaban J connectivity index is 1.86. The second-order valence-electron chi connectivity index (χ2n) is 7.37. The second-order valence-corrected chi connectivity index (χ2v) is 7.37. The van der Waals surface area contributed by atoms with Crippen molar-refractivity contribution in [1.82, 2.24) is 0 Å². The van der Waals surface area contributed by atoms with Gasteiger partial charge in [-0.25, -0.2) is 0 Å². The van der Waals surface area contributed by atoms with E-state index in [-0.39, 0.29) is 18.0 Å². The van der Waals surface area contributed by atoms with Crippen molar-refractivity contribution in [1.29, 1.82) is 0 Å². The fourth-order valence-corrected chi connectivity index (χ4v) is 3.88. The van der Waals surface area contributed by atoms with E-state index in [1.165, 1.54) is 44.1 Å². The lowest BCUT2D eigenvalue weighted by atomic mass is 9.77. The predicted molar refractivity (Wildman–Crippen MR) is 99.5 cm³/mol. The fourth-order valence-electron chi connectivity index (χ4n) is 3.88. The van der Waals surface area contributed by atoms with Gasteiger partial charge >= 0.3 is 0 Å². The first-order valence-electron chi connectivity index (χ1n) is 9.78. The first kappa shape index (κ1) is 18.9. The monoisotopic (exact) mass is 328 g/mol. The van der Waals surface area contributed by atoms with Crippen molar-refractivity contribution in [3.05, 3.63) is 35.4 Å². The first-order valence-corrected chi connectivity index (χ1v) is 9.78. The molecule has 0 unspecified atom stereocenters. The molecule has 0 amide bonds. The normalized spacial score (nSPS) is 20.8. The van der Waals surface area contributed by atoms with Crippen LogP contribution in [0.3, 0.4) is 0 Å². The molecule has 132 valence electrons. The van der Waals surface area contributed by atoms with Gasteiger partial charge in [0.2, 0.25) is 0 Å². The molecule has 0 aromatic heterocycles. The average molecular weight is 328 g/mol. The quantitative estimate of drug-likeness (QED) is 0.406. The third kappa shape index (κ3) is 5.58. The number of carbonyl (C=O) groups excluding carboxylic acids is 2. The van der Waals surface area contributed by atoms with Gasteiger partial charge in [0.25, 0.3) is 0 Å². The summed E-state index contributed by atoms with van der Waals surface area (Å²) in [5, 5.41) is 0. The number of hydrogen-bond acceptors (Lipinski definition) is 2. The lowest BCUT2D eigenvalue weighted by Crippen LogP contribution is -2.13. The molecule has 0 spiro atoms. The average Bonchev–Trinajstić information content (AvgIpc) is 2.61. The predicted octanol–water partition coefficient (Wildman–Crippen LogP) is 6.09. The van der Waals surface area contributed by atoms with Gasteiger partial charge in [-0.3, -0.25) is 9.59 Å². The Labute approximate surface area is 147 Å². The molecule has 1 aromatic carbocycles. The van der Waals surface area contributed by atoms with Crippen molar-refractivity contribution < 1.29 is 9.59 Å². The number of benzene rings is 1. The van der Waals surface area contributed by atoms with E-state index in [0.29, 0.717) is 17.9 Å². The van der Waals surface area contributed by atoms with Crippen LogP contribution in [-0.4, -0.2) is 11.6 Å². The summed E-state index contributed by atoms with van der Waals surface area (Å²) in [5.74, 6) is 1.60. The third-order valence-corrected chi connectivity index (χ3v) is 5.41. The Kier molecular flexibility index (Phi) is 7.68. The molecule has 2 heteroatoms. The van der Waals surface area contributed by atoms with Crippen molar-refractivity contribution >= 4 is 11.6 Å². The van der Waals surface area contributed by atoms with Crippen molar-refractivity contribution in [3.63, 3.8) is 0 Å². The molecule has 0 heterocycles. The van der Waals surface area contributed by atoms with E-state index in [9.17, 15) is 9.59 Å². The molecule has 0 radical (unpaired) electrons. The second kappa shape index (κ2) is 9.76. The summed E-state index contributed by atoms with van der Waals surface area (Å²) in [4.78, 5) is 24.0.